The van der Waals surface area contributed by atoms with E-state index in [1.54, 1.807) is 27.5 Å². The van der Waals surface area contributed by atoms with E-state index < -0.39 is 0 Å². The van der Waals surface area contributed by atoms with Gasteiger partial charge in [-0.15, -0.1) is 0 Å². The van der Waals surface area contributed by atoms with Gasteiger partial charge in [0.15, 0.2) is 0 Å². The fraction of sp³-hybridized carbons (Fsp3) is 0.750. The van der Waals surface area contributed by atoms with E-state index in [-0.39, 0.29) is 28.6 Å². The van der Waals surface area contributed by atoms with Gasteiger partial charge >= 0.3 is 0 Å². The molecule has 82 valence electrons. The highest BCUT2D eigenvalue weighted by molar-refractivity contribution is 14.1. The second-order valence-electron chi connectivity index (χ2n) is 3.36. The van der Waals surface area contributed by atoms with Crippen LogP contribution in [0.25, 0.3) is 10.4 Å². The lowest BCUT2D eigenvalue weighted by Crippen LogP contribution is -2.25. The molecule has 1 unspecified atom stereocenters. The number of halogens is 1. The van der Waals surface area contributed by atoms with Gasteiger partial charge in [-0.25, -0.2) is 0 Å². The van der Waals surface area contributed by atoms with Crippen molar-refractivity contribution in [1.29, 1.82) is 0 Å². The monoisotopic (exact) mass is 322 g/mol. The standard InChI is InChI=1S/C8H11IN4O2/c9-8(15)13-4-2-6(5-13)7(14)1-3-11-12-10/h6H,1-5H2. The van der Waals surface area contributed by atoms with Crippen LogP contribution in [0.1, 0.15) is 12.8 Å². The minimum Gasteiger partial charge on any atom is -0.333 e. The minimum absolute atomic E-state index is 0.0158. The number of nitrogens with zero attached hydrogens (tertiary/aromatic N) is 4. The maximum Gasteiger partial charge on any atom is 0.283 e. The van der Waals surface area contributed by atoms with Gasteiger partial charge in [0.25, 0.3) is 3.91 Å². The Hall–Kier alpha value is -0.820. The van der Waals surface area contributed by atoms with Crippen molar-refractivity contribution in [3.05, 3.63) is 10.4 Å². The first-order valence-electron chi connectivity index (χ1n) is 4.63. The molecule has 0 aromatic heterocycles. The van der Waals surface area contributed by atoms with Crippen molar-refractivity contribution in [3.8, 4) is 0 Å². The Morgan fingerprint density at radius 3 is 2.87 bits per heavy atom. The van der Waals surface area contributed by atoms with Crippen molar-refractivity contribution in [2.45, 2.75) is 12.8 Å². The maximum atomic E-state index is 11.6. The van der Waals surface area contributed by atoms with E-state index in [0.717, 1.165) is 6.42 Å². The van der Waals surface area contributed by atoms with Crippen LogP contribution in [0, 0.1) is 5.92 Å². The van der Waals surface area contributed by atoms with Crippen LogP contribution >= 0.6 is 22.6 Å². The Balaban J connectivity index is 2.36. The van der Waals surface area contributed by atoms with Crippen LogP contribution in [0.2, 0.25) is 0 Å². The van der Waals surface area contributed by atoms with Crippen molar-refractivity contribution >= 4 is 32.3 Å². The molecule has 0 aromatic rings. The van der Waals surface area contributed by atoms with E-state index in [4.69, 9.17) is 5.53 Å². The molecule has 0 spiro atoms. The summed E-state index contributed by atoms with van der Waals surface area (Å²) in [7, 11) is 0. The molecule has 7 heteroatoms. The molecular formula is C8H11IN4O2. The molecule has 1 rings (SSSR count). The second kappa shape index (κ2) is 5.92. The number of azide groups is 1. The Kier molecular flexibility index (Phi) is 4.83. The van der Waals surface area contributed by atoms with Gasteiger partial charge in [-0.2, -0.15) is 0 Å². The molecule has 0 bridgehead atoms. The van der Waals surface area contributed by atoms with E-state index in [2.05, 4.69) is 10.0 Å². The van der Waals surface area contributed by atoms with E-state index in [1.165, 1.54) is 0 Å². The van der Waals surface area contributed by atoms with Crippen molar-refractivity contribution < 1.29 is 9.59 Å². The lowest BCUT2D eigenvalue weighted by molar-refractivity contribution is -0.122. The molecule has 0 saturated carbocycles. The fourth-order valence-corrected chi connectivity index (χ4v) is 2.03. The highest BCUT2D eigenvalue weighted by Gasteiger charge is 2.29. The highest BCUT2D eigenvalue weighted by Crippen LogP contribution is 2.20. The average molecular weight is 322 g/mol. The molecule has 0 N–H and O–H groups in total. The first-order chi connectivity index (χ1) is 7.15. The van der Waals surface area contributed by atoms with Gasteiger partial charge in [0.05, 0.1) is 0 Å². The number of ketones is 1. The summed E-state index contributed by atoms with van der Waals surface area (Å²) in [6.07, 6.45) is 1.00. The number of hydrogen-bond donors (Lipinski definition) is 0. The van der Waals surface area contributed by atoms with Crippen molar-refractivity contribution in [3.63, 3.8) is 0 Å². The van der Waals surface area contributed by atoms with Crippen LogP contribution in [0.4, 0.5) is 4.79 Å². The lowest BCUT2D eigenvalue weighted by atomic mass is 10.0. The van der Waals surface area contributed by atoms with Gasteiger partial charge in [0, 0.05) is 59.5 Å². The number of Topliss-reactive ketones (excluding diaryl/α,β-unsaturated/α-hetero) is 1. The number of likely N-dealkylation sites (tertiary alicyclic amines) is 1. The third-order valence-electron chi connectivity index (χ3n) is 2.41. The number of hydrogen-bond acceptors (Lipinski definition) is 3. The smallest absolute Gasteiger partial charge is 0.283 e. The summed E-state index contributed by atoms with van der Waals surface area (Å²) in [5, 5.41) is 3.32. The quantitative estimate of drug-likeness (QED) is 0.198. The Bertz CT molecular complexity index is 314. The Morgan fingerprint density at radius 1 is 1.60 bits per heavy atom. The summed E-state index contributed by atoms with van der Waals surface area (Å²) >= 11 is 1.72. The SMILES string of the molecule is [N-]=[N+]=NCCC(=O)C1CCN(C(=O)I)C1. The molecule has 1 fully saturated rings. The van der Waals surface area contributed by atoms with Gasteiger partial charge in [0.1, 0.15) is 5.78 Å². The van der Waals surface area contributed by atoms with Crippen LogP contribution in [0.15, 0.2) is 5.11 Å². The Morgan fingerprint density at radius 2 is 2.33 bits per heavy atom. The van der Waals surface area contributed by atoms with Crippen LogP contribution in [-0.4, -0.2) is 34.2 Å². The highest BCUT2D eigenvalue weighted by atomic mass is 127. The summed E-state index contributed by atoms with van der Waals surface area (Å²) in [4.78, 5) is 26.8. The number of amides is 1. The lowest BCUT2D eigenvalue weighted by Gasteiger charge is -2.11. The third kappa shape index (κ3) is 3.67. The predicted molar refractivity (Wildman–Crippen MR) is 62.7 cm³/mol. The molecule has 0 aliphatic carbocycles. The number of rotatable bonds is 4. The molecule has 1 aliphatic rings. The summed E-state index contributed by atoms with van der Waals surface area (Å²) < 4.78 is -0.0158. The predicted octanol–water partition coefficient (Wildman–Crippen LogP) is 2.13. The number of carbonyl (C=O) groups excluding carboxylic acids is 2. The van der Waals surface area contributed by atoms with Crippen LogP contribution < -0.4 is 0 Å². The van der Waals surface area contributed by atoms with Gasteiger partial charge in [-0.1, -0.05) is 5.11 Å². The van der Waals surface area contributed by atoms with E-state index in [0.29, 0.717) is 13.1 Å². The fourth-order valence-electron chi connectivity index (χ4n) is 1.59. The van der Waals surface area contributed by atoms with Crippen molar-refractivity contribution in [2.24, 2.45) is 11.0 Å². The molecule has 1 amide bonds. The molecule has 6 nitrogen and oxygen atoms in total. The van der Waals surface area contributed by atoms with Crippen molar-refractivity contribution in [1.82, 2.24) is 4.90 Å². The zero-order chi connectivity index (χ0) is 11.3. The minimum atomic E-state index is -0.0717. The largest absolute Gasteiger partial charge is 0.333 e. The second-order valence-corrected chi connectivity index (χ2v) is 4.28. The van der Waals surface area contributed by atoms with Crippen LogP contribution in [-0.2, 0) is 4.79 Å². The van der Waals surface area contributed by atoms with Gasteiger partial charge < -0.3 is 4.90 Å². The zero-order valence-electron chi connectivity index (χ0n) is 8.10. The molecule has 15 heavy (non-hydrogen) atoms. The number of carbonyl (C=O) groups is 2. The molecule has 0 aromatic carbocycles. The van der Waals surface area contributed by atoms with Gasteiger partial charge in [0.2, 0.25) is 0 Å². The third-order valence-corrected chi connectivity index (χ3v) is 3.10. The van der Waals surface area contributed by atoms with Crippen LogP contribution in [0.5, 0.6) is 0 Å². The summed E-state index contributed by atoms with van der Waals surface area (Å²) in [5.74, 6) is 0.0140. The summed E-state index contributed by atoms with van der Waals surface area (Å²) in [5.41, 5.74) is 8.05. The average Bonchev–Trinajstić information content (AvgIpc) is 2.66. The first-order valence-corrected chi connectivity index (χ1v) is 5.71. The first kappa shape index (κ1) is 12.3. The summed E-state index contributed by atoms with van der Waals surface area (Å²) in [6, 6.07) is 0. The zero-order valence-corrected chi connectivity index (χ0v) is 10.3. The molecule has 1 heterocycles. The molecule has 1 aliphatic heterocycles. The van der Waals surface area contributed by atoms with Crippen LogP contribution in [0.3, 0.4) is 0 Å². The van der Waals surface area contributed by atoms with E-state index >= 15 is 0 Å². The topological polar surface area (TPSA) is 86.1 Å². The van der Waals surface area contributed by atoms with Gasteiger partial charge in [-0.05, 0) is 12.0 Å². The van der Waals surface area contributed by atoms with E-state index in [1.807, 2.05) is 0 Å². The molecule has 0 radical (unpaired) electrons. The van der Waals surface area contributed by atoms with Gasteiger partial charge in [-0.3, -0.25) is 9.59 Å². The molecular weight excluding hydrogens is 311 g/mol. The van der Waals surface area contributed by atoms with Crippen molar-refractivity contribution in [2.75, 3.05) is 19.6 Å². The Labute approximate surface area is 101 Å². The molecule has 1 atom stereocenters. The normalized spacial score (nSPS) is 19.8. The maximum absolute atomic E-state index is 11.6. The van der Waals surface area contributed by atoms with E-state index in [9.17, 15) is 9.59 Å². The summed E-state index contributed by atoms with van der Waals surface area (Å²) in [6.45, 7) is 1.38. The molecule has 1 saturated heterocycles.